The maximum absolute atomic E-state index is 12.7. The Kier molecular flexibility index (Phi) is 3.75. The molecule has 106 valence electrons. The largest absolute Gasteiger partial charge is 0.451 e. The van der Waals surface area contributed by atoms with Crippen LogP contribution in [0.4, 0.5) is 30.5 Å². The Morgan fingerprint density at radius 2 is 1.65 bits per heavy atom. The van der Waals surface area contributed by atoms with E-state index in [9.17, 15) is 13.2 Å². The molecule has 0 atom stereocenters. The first-order valence-electron chi connectivity index (χ1n) is 5.65. The first-order chi connectivity index (χ1) is 9.38. The van der Waals surface area contributed by atoms with Gasteiger partial charge in [-0.05, 0) is 19.1 Å². The fourth-order valence-corrected chi connectivity index (χ4v) is 1.50. The summed E-state index contributed by atoms with van der Waals surface area (Å²) in [5.41, 5.74) is 3.74. The highest BCUT2D eigenvalue weighted by Crippen LogP contribution is 2.28. The molecule has 1 heterocycles. The molecule has 0 saturated heterocycles. The molecule has 0 aliphatic carbocycles. The number of nitrogen functional groups attached to an aromatic ring is 1. The number of hydrazine groups is 1. The summed E-state index contributed by atoms with van der Waals surface area (Å²) < 4.78 is 38.0. The third kappa shape index (κ3) is 3.35. The zero-order chi connectivity index (χ0) is 14.8. The minimum atomic E-state index is -4.64. The van der Waals surface area contributed by atoms with E-state index in [0.717, 1.165) is 5.56 Å². The summed E-state index contributed by atoms with van der Waals surface area (Å²) in [4.78, 5) is 6.69. The van der Waals surface area contributed by atoms with E-state index in [1.807, 2.05) is 19.1 Å². The average Bonchev–Trinajstić information content (AvgIpc) is 2.40. The molecule has 1 aromatic heterocycles. The first-order valence-corrected chi connectivity index (χ1v) is 5.65. The summed E-state index contributed by atoms with van der Waals surface area (Å²) in [5, 5.41) is 2.77. The normalized spacial score (nSPS) is 11.2. The van der Waals surface area contributed by atoms with Crippen LogP contribution in [0.25, 0.3) is 0 Å². The van der Waals surface area contributed by atoms with Crippen molar-refractivity contribution in [2.75, 3.05) is 10.7 Å². The standard InChI is InChI=1S/C12H12F3N5/c1-7-2-4-8(5-3-7)17-9-6-10(20-16)19-11(18-9)12(13,14)15/h2-6H,16H2,1H3,(H2,17,18,19,20). The van der Waals surface area contributed by atoms with Crippen LogP contribution in [-0.4, -0.2) is 9.97 Å². The van der Waals surface area contributed by atoms with Crippen molar-refractivity contribution < 1.29 is 13.2 Å². The Hall–Kier alpha value is -2.35. The van der Waals surface area contributed by atoms with E-state index in [0.29, 0.717) is 5.69 Å². The van der Waals surface area contributed by atoms with Crippen LogP contribution in [-0.2, 0) is 6.18 Å². The summed E-state index contributed by atoms with van der Waals surface area (Å²) in [6.07, 6.45) is -4.64. The summed E-state index contributed by atoms with van der Waals surface area (Å²) in [6.45, 7) is 1.91. The molecular formula is C12H12F3N5. The van der Waals surface area contributed by atoms with Crippen molar-refractivity contribution in [1.82, 2.24) is 9.97 Å². The van der Waals surface area contributed by atoms with Crippen molar-refractivity contribution in [3.63, 3.8) is 0 Å². The topological polar surface area (TPSA) is 75.9 Å². The van der Waals surface area contributed by atoms with Gasteiger partial charge in [0.25, 0.3) is 0 Å². The predicted octanol–water partition coefficient (Wildman–Crippen LogP) is 2.83. The molecule has 0 spiro atoms. The van der Waals surface area contributed by atoms with Crippen molar-refractivity contribution in [2.24, 2.45) is 5.84 Å². The Morgan fingerprint density at radius 3 is 2.20 bits per heavy atom. The van der Waals surface area contributed by atoms with Crippen LogP contribution in [0.5, 0.6) is 0 Å². The highest BCUT2D eigenvalue weighted by molar-refractivity contribution is 5.59. The van der Waals surface area contributed by atoms with Gasteiger partial charge in [-0.1, -0.05) is 17.7 Å². The third-order valence-corrected chi connectivity index (χ3v) is 2.45. The molecule has 8 heteroatoms. The van der Waals surface area contributed by atoms with E-state index >= 15 is 0 Å². The molecule has 0 bridgehead atoms. The van der Waals surface area contributed by atoms with Crippen LogP contribution in [0, 0.1) is 6.92 Å². The highest BCUT2D eigenvalue weighted by Gasteiger charge is 2.35. The second kappa shape index (κ2) is 5.33. The number of nitrogens with one attached hydrogen (secondary N) is 2. The lowest BCUT2D eigenvalue weighted by atomic mass is 10.2. The minimum Gasteiger partial charge on any atom is -0.340 e. The predicted molar refractivity (Wildman–Crippen MR) is 69.3 cm³/mol. The second-order valence-electron chi connectivity index (χ2n) is 4.10. The molecule has 5 nitrogen and oxygen atoms in total. The van der Waals surface area contributed by atoms with Crippen LogP contribution < -0.4 is 16.6 Å². The first kappa shape index (κ1) is 14.1. The monoisotopic (exact) mass is 283 g/mol. The van der Waals surface area contributed by atoms with Gasteiger partial charge in [-0.25, -0.2) is 15.8 Å². The molecule has 0 unspecified atom stereocenters. The lowest BCUT2D eigenvalue weighted by molar-refractivity contribution is -0.144. The number of halogens is 3. The van der Waals surface area contributed by atoms with Crippen LogP contribution in [0.15, 0.2) is 30.3 Å². The number of nitrogens with zero attached hydrogens (tertiary/aromatic N) is 2. The van der Waals surface area contributed by atoms with Crippen molar-refractivity contribution in [2.45, 2.75) is 13.1 Å². The summed E-state index contributed by atoms with van der Waals surface area (Å²) >= 11 is 0. The molecular weight excluding hydrogens is 271 g/mol. The lowest BCUT2D eigenvalue weighted by Gasteiger charge is -2.11. The minimum absolute atomic E-state index is 0.00382. The van der Waals surface area contributed by atoms with E-state index in [1.54, 1.807) is 12.1 Å². The smallest absolute Gasteiger partial charge is 0.340 e. The quantitative estimate of drug-likeness (QED) is 0.596. The van der Waals surface area contributed by atoms with Gasteiger partial charge in [0, 0.05) is 11.8 Å². The molecule has 20 heavy (non-hydrogen) atoms. The number of anilines is 3. The molecule has 2 aromatic rings. The molecule has 0 radical (unpaired) electrons. The Labute approximate surface area is 113 Å². The maximum Gasteiger partial charge on any atom is 0.451 e. The highest BCUT2D eigenvalue weighted by atomic mass is 19.4. The van der Waals surface area contributed by atoms with Gasteiger partial charge in [0.15, 0.2) is 0 Å². The van der Waals surface area contributed by atoms with Crippen molar-refractivity contribution in [3.05, 3.63) is 41.7 Å². The molecule has 0 aliphatic heterocycles. The number of aryl methyl sites for hydroxylation is 1. The van der Waals surface area contributed by atoms with Gasteiger partial charge in [-0.2, -0.15) is 13.2 Å². The third-order valence-electron chi connectivity index (χ3n) is 2.45. The molecule has 0 aliphatic rings. The van der Waals surface area contributed by atoms with Crippen LogP contribution >= 0.6 is 0 Å². The van der Waals surface area contributed by atoms with Gasteiger partial charge < -0.3 is 10.7 Å². The van der Waals surface area contributed by atoms with E-state index < -0.39 is 12.0 Å². The molecule has 2 rings (SSSR count). The zero-order valence-corrected chi connectivity index (χ0v) is 10.5. The second-order valence-corrected chi connectivity index (χ2v) is 4.10. The molecule has 0 amide bonds. The number of alkyl halides is 3. The van der Waals surface area contributed by atoms with Crippen LogP contribution in [0.1, 0.15) is 11.4 Å². The van der Waals surface area contributed by atoms with Crippen LogP contribution in [0.2, 0.25) is 0 Å². The fourth-order valence-electron chi connectivity index (χ4n) is 1.50. The number of hydrogen-bond donors (Lipinski definition) is 3. The molecule has 4 N–H and O–H groups in total. The Morgan fingerprint density at radius 1 is 1.05 bits per heavy atom. The lowest BCUT2D eigenvalue weighted by Crippen LogP contribution is -2.16. The SMILES string of the molecule is Cc1ccc(Nc2cc(NN)nc(C(F)(F)F)n2)cc1. The van der Waals surface area contributed by atoms with Crippen molar-refractivity contribution in [3.8, 4) is 0 Å². The van der Waals surface area contributed by atoms with E-state index in [4.69, 9.17) is 5.84 Å². The van der Waals surface area contributed by atoms with Gasteiger partial charge >= 0.3 is 6.18 Å². The van der Waals surface area contributed by atoms with Gasteiger partial charge in [0.2, 0.25) is 5.82 Å². The van der Waals surface area contributed by atoms with Gasteiger partial charge in [0.05, 0.1) is 0 Å². The maximum atomic E-state index is 12.7. The number of benzene rings is 1. The average molecular weight is 283 g/mol. The van der Waals surface area contributed by atoms with Gasteiger partial charge in [-0.3, -0.25) is 0 Å². The van der Waals surface area contributed by atoms with Crippen LogP contribution in [0.3, 0.4) is 0 Å². The molecule has 1 aromatic carbocycles. The van der Waals surface area contributed by atoms with E-state index in [1.165, 1.54) is 6.07 Å². The van der Waals surface area contributed by atoms with Crippen molar-refractivity contribution >= 4 is 17.3 Å². The Bertz CT molecular complexity index is 595. The van der Waals surface area contributed by atoms with E-state index in [-0.39, 0.29) is 11.6 Å². The number of aromatic nitrogens is 2. The molecule has 0 saturated carbocycles. The summed E-state index contributed by atoms with van der Waals surface area (Å²) in [5.74, 6) is 3.73. The number of nitrogens with two attached hydrogens (primary N) is 1. The number of hydrogen-bond acceptors (Lipinski definition) is 5. The van der Waals surface area contributed by atoms with E-state index in [2.05, 4.69) is 20.7 Å². The van der Waals surface area contributed by atoms with Crippen molar-refractivity contribution in [1.29, 1.82) is 0 Å². The fraction of sp³-hybridized carbons (Fsp3) is 0.167. The zero-order valence-electron chi connectivity index (χ0n) is 10.5. The molecule has 0 fully saturated rings. The summed E-state index contributed by atoms with van der Waals surface area (Å²) in [6, 6.07) is 8.42. The van der Waals surface area contributed by atoms with Gasteiger partial charge in [0.1, 0.15) is 11.6 Å². The summed E-state index contributed by atoms with van der Waals surface area (Å²) in [7, 11) is 0. The van der Waals surface area contributed by atoms with Gasteiger partial charge in [-0.15, -0.1) is 0 Å². The number of rotatable bonds is 3. The Balaban J connectivity index is 2.33.